The second-order valence-electron chi connectivity index (χ2n) is 6.21. The Balaban J connectivity index is 1.67. The summed E-state index contributed by atoms with van der Waals surface area (Å²) in [4.78, 5) is 8.76. The lowest BCUT2D eigenvalue weighted by Gasteiger charge is -2.10. The highest BCUT2D eigenvalue weighted by atomic mass is 32.2. The van der Waals surface area contributed by atoms with E-state index in [1.165, 1.54) is 23.4 Å². The van der Waals surface area contributed by atoms with E-state index in [1.807, 2.05) is 12.1 Å². The Morgan fingerprint density at radius 3 is 2.54 bits per heavy atom. The molecular weight excluding hydrogens is 346 g/mol. The van der Waals surface area contributed by atoms with Crippen molar-refractivity contribution >= 4 is 37.3 Å². The molecular formula is C20H17N3O2S. The number of nitrogens with zero attached hydrogens (tertiary/aromatic N) is 2. The highest BCUT2D eigenvalue weighted by molar-refractivity contribution is 7.90. The van der Waals surface area contributed by atoms with E-state index in [9.17, 15) is 8.42 Å². The molecule has 0 spiro atoms. The Hall–Kier alpha value is -2.99. The second kappa shape index (κ2) is 6.38. The van der Waals surface area contributed by atoms with E-state index in [0.29, 0.717) is 23.3 Å². The van der Waals surface area contributed by atoms with Gasteiger partial charge in [-0.2, -0.15) is 0 Å². The first-order valence-electron chi connectivity index (χ1n) is 8.17. The zero-order valence-corrected chi connectivity index (χ0v) is 15.0. The van der Waals surface area contributed by atoms with Crippen molar-refractivity contribution in [2.45, 2.75) is 11.4 Å². The van der Waals surface area contributed by atoms with E-state index in [2.05, 4.69) is 45.6 Å². The average molecular weight is 363 g/mol. The summed E-state index contributed by atoms with van der Waals surface area (Å²) in [7, 11) is -3.29. The Morgan fingerprint density at radius 1 is 0.923 bits per heavy atom. The summed E-state index contributed by atoms with van der Waals surface area (Å²) < 4.78 is 23.7. The highest BCUT2D eigenvalue weighted by Crippen LogP contribution is 2.24. The van der Waals surface area contributed by atoms with E-state index in [-0.39, 0.29) is 4.90 Å². The molecule has 1 N–H and O–H groups in total. The maximum absolute atomic E-state index is 11.8. The molecule has 0 unspecified atom stereocenters. The fraction of sp³-hybridized carbons (Fsp3) is 0.100. The summed E-state index contributed by atoms with van der Waals surface area (Å²) in [6, 6.07) is 19.4. The fourth-order valence-electron chi connectivity index (χ4n) is 2.94. The van der Waals surface area contributed by atoms with E-state index in [4.69, 9.17) is 0 Å². The van der Waals surface area contributed by atoms with Crippen LogP contribution in [-0.4, -0.2) is 24.6 Å². The van der Waals surface area contributed by atoms with Crippen LogP contribution in [0.15, 0.2) is 71.9 Å². The SMILES string of the molecule is CS(=O)(=O)c1ccc2ncnc(NCc3ccc4ccccc4c3)c2c1. The van der Waals surface area contributed by atoms with Gasteiger partial charge in [0, 0.05) is 18.2 Å². The summed E-state index contributed by atoms with van der Waals surface area (Å²) in [6.45, 7) is 0.583. The van der Waals surface area contributed by atoms with Gasteiger partial charge in [0.15, 0.2) is 9.84 Å². The van der Waals surface area contributed by atoms with Gasteiger partial charge < -0.3 is 5.32 Å². The molecule has 0 radical (unpaired) electrons. The van der Waals surface area contributed by atoms with Crippen LogP contribution < -0.4 is 5.32 Å². The summed E-state index contributed by atoms with van der Waals surface area (Å²) in [6.07, 6.45) is 2.67. The predicted octanol–water partition coefficient (Wildman–Crippen LogP) is 3.80. The number of benzene rings is 3. The molecule has 0 bridgehead atoms. The van der Waals surface area contributed by atoms with Gasteiger partial charge in [-0.15, -0.1) is 0 Å². The molecule has 0 fully saturated rings. The van der Waals surface area contributed by atoms with E-state index < -0.39 is 9.84 Å². The molecule has 0 aliphatic carbocycles. The smallest absolute Gasteiger partial charge is 0.175 e. The molecule has 4 rings (SSSR count). The van der Waals surface area contributed by atoms with Gasteiger partial charge in [0.05, 0.1) is 10.4 Å². The second-order valence-corrected chi connectivity index (χ2v) is 8.22. The standard InChI is InChI=1S/C20H17N3O2S/c1-26(24,25)17-8-9-19-18(11-17)20(23-13-22-19)21-12-14-6-7-15-4-2-3-5-16(15)10-14/h2-11,13H,12H2,1H3,(H,21,22,23). The van der Waals surface area contributed by atoms with Gasteiger partial charge in [-0.1, -0.05) is 36.4 Å². The molecule has 0 saturated heterocycles. The van der Waals surface area contributed by atoms with Crippen LogP contribution in [0.4, 0.5) is 5.82 Å². The van der Waals surface area contributed by atoms with Crippen LogP contribution in [0.5, 0.6) is 0 Å². The quantitative estimate of drug-likeness (QED) is 0.597. The first-order chi connectivity index (χ1) is 12.5. The zero-order chi connectivity index (χ0) is 18.1. The third-order valence-corrected chi connectivity index (χ3v) is 5.42. The maximum atomic E-state index is 11.8. The van der Waals surface area contributed by atoms with Crippen LogP contribution in [0.25, 0.3) is 21.7 Å². The minimum atomic E-state index is -3.29. The van der Waals surface area contributed by atoms with Gasteiger partial charge in [-0.3, -0.25) is 0 Å². The molecule has 0 atom stereocenters. The lowest BCUT2D eigenvalue weighted by Crippen LogP contribution is -2.03. The molecule has 3 aromatic carbocycles. The Morgan fingerprint density at radius 2 is 1.73 bits per heavy atom. The Kier molecular flexibility index (Phi) is 4.05. The van der Waals surface area contributed by atoms with Crippen molar-refractivity contribution < 1.29 is 8.42 Å². The fourth-order valence-corrected chi connectivity index (χ4v) is 3.59. The molecule has 5 nitrogen and oxygen atoms in total. The van der Waals surface area contributed by atoms with E-state index in [1.54, 1.807) is 18.2 Å². The van der Waals surface area contributed by atoms with Crippen molar-refractivity contribution in [1.82, 2.24) is 9.97 Å². The number of sulfone groups is 1. The summed E-state index contributed by atoms with van der Waals surface area (Å²) in [5.74, 6) is 0.619. The van der Waals surface area contributed by atoms with E-state index >= 15 is 0 Å². The number of anilines is 1. The van der Waals surface area contributed by atoms with Crippen molar-refractivity contribution in [2.24, 2.45) is 0 Å². The molecule has 1 aromatic heterocycles. The molecule has 1 heterocycles. The van der Waals surface area contributed by atoms with Gasteiger partial charge >= 0.3 is 0 Å². The molecule has 0 aliphatic heterocycles. The van der Waals surface area contributed by atoms with Crippen molar-refractivity contribution in [3.63, 3.8) is 0 Å². The summed E-state index contributed by atoms with van der Waals surface area (Å²) in [5, 5.41) is 6.37. The van der Waals surface area contributed by atoms with Gasteiger partial charge in [0.2, 0.25) is 0 Å². The first-order valence-corrected chi connectivity index (χ1v) is 10.1. The average Bonchev–Trinajstić information content (AvgIpc) is 2.65. The van der Waals surface area contributed by atoms with Crippen LogP contribution >= 0.6 is 0 Å². The molecule has 6 heteroatoms. The summed E-state index contributed by atoms with van der Waals surface area (Å²) in [5.41, 5.74) is 1.82. The van der Waals surface area contributed by atoms with E-state index in [0.717, 1.165) is 5.56 Å². The van der Waals surface area contributed by atoms with Crippen LogP contribution in [-0.2, 0) is 16.4 Å². The number of nitrogens with one attached hydrogen (secondary N) is 1. The predicted molar refractivity (Wildman–Crippen MR) is 104 cm³/mol. The Labute approximate surface area is 151 Å². The lowest BCUT2D eigenvalue weighted by molar-refractivity contribution is 0.602. The zero-order valence-electron chi connectivity index (χ0n) is 14.2. The van der Waals surface area contributed by atoms with Crippen LogP contribution in [0.3, 0.4) is 0 Å². The van der Waals surface area contributed by atoms with Crippen LogP contribution in [0.2, 0.25) is 0 Å². The Bertz CT molecular complexity index is 1220. The van der Waals surface area contributed by atoms with Gasteiger partial charge in [0.1, 0.15) is 12.1 Å². The molecule has 0 amide bonds. The number of hydrogen-bond acceptors (Lipinski definition) is 5. The maximum Gasteiger partial charge on any atom is 0.175 e. The highest BCUT2D eigenvalue weighted by Gasteiger charge is 2.11. The largest absolute Gasteiger partial charge is 0.365 e. The molecule has 0 saturated carbocycles. The van der Waals surface area contributed by atoms with Gasteiger partial charge in [-0.25, -0.2) is 18.4 Å². The van der Waals surface area contributed by atoms with Crippen LogP contribution in [0.1, 0.15) is 5.56 Å². The number of aromatic nitrogens is 2. The van der Waals surface area contributed by atoms with Crippen molar-refractivity contribution in [3.8, 4) is 0 Å². The number of rotatable bonds is 4. The molecule has 26 heavy (non-hydrogen) atoms. The molecule has 130 valence electrons. The third kappa shape index (κ3) is 3.23. The van der Waals surface area contributed by atoms with Gasteiger partial charge in [0.25, 0.3) is 0 Å². The first kappa shape index (κ1) is 16.5. The van der Waals surface area contributed by atoms with Gasteiger partial charge in [-0.05, 0) is 40.6 Å². The topological polar surface area (TPSA) is 72.0 Å². The number of hydrogen-bond donors (Lipinski definition) is 1. The minimum absolute atomic E-state index is 0.258. The summed E-state index contributed by atoms with van der Waals surface area (Å²) >= 11 is 0. The molecule has 4 aromatic rings. The lowest BCUT2D eigenvalue weighted by atomic mass is 10.1. The third-order valence-electron chi connectivity index (χ3n) is 4.31. The minimum Gasteiger partial charge on any atom is -0.365 e. The van der Waals surface area contributed by atoms with Crippen molar-refractivity contribution in [3.05, 3.63) is 72.6 Å². The normalized spacial score (nSPS) is 11.7. The van der Waals surface area contributed by atoms with Crippen LogP contribution in [0, 0.1) is 0 Å². The van der Waals surface area contributed by atoms with Crippen molar-refractivity contribution in [2.75, 3.05) is 11.6 Å². The monoisotopic (exact) mass is 363 g/mol. The number of fused-ring (bicyclic) bond motifs is 2. The van der Waals surface area contributed by atoms with Crippen molar-refractivity contribution in [1.29, 1.82) is 0 Å². The molecule has 0 aliphatic rings.